The van der Waals surface area contributed by atoms with Gasteiger partial charge in [-0.05, 0) is 13.8 Å². The first-order chi connectivity index (χ1) is 6.09. The summed E-state index contributed by atoms with van der Waals surface area (Å²) in [4.78, 5) is 8.21. The summed E-state index contributed by atoms with van der Waals surface area (Å²) in [6.07, 6.45) is 0. The number of anilines is 1. The van der Waals surface area contributed by atoms with Crippen molar-refractivity contribution >= 4 is 17.0 Å². The second kappa shape index (κ2) is 2.42. The van der Waals surface area contributed by atoms with Gasteiger partial charge in [-0.2, -0.15) is 10.1 Å². The Balaban J connectivity index is 2.97. The van der Waals surface area contributed by atoms with Crippen molar-refractivity contribution in [3.63, 3.8) is 0 Å². The standard InChI is InChI=1S/C8H11N5/c1-4-6-5(2)12-13(3)7(6)11-8(9)10-4/h1-3H3,(H2,9,10,11). The SMILES string of the molecule is Cc1nc(N)nc2c1c(C)nn2C. The number of aryl methyl sites for hydroxylation is 3. The molecular weight excluding hydrogens is 166 g/mol. The Morgan fingerprint density at radius 1 is 1.15 bits per heavy atom. The van der Waals surface area contributed by atoms with Gasteiger partial charge in [0, 0.05) is 7.05 Å². The lowest BCUT2D eigenvalue weighted by atomic mass is 10.2. The van der Waals surface area contributed by atoms with E-state index in [1.807, 2.05) is 20.9 Å². The fraction of sp³-hybridized carbons (Fsp3) is 0.375. The highest BCUT2D eigenvalue weighted by Gasteiger charge is 2.10. The summed E-state index contributed by atoms with van der Waals surface area (Å²) in [7, 11) is 1.85. The van der Waals surface area contributed by atoms with E-state index in [0.717, 1.165) is 22.4 Å². The third-order valence-electron chi connectivity index (χ3n) is 2.06. The molecule has 0 fully saturated rings. The van der Waals surface area contributed by atoms with E-state index in [1.165, 1.54) is 0 Å². The predicted molar refractivity (Wildman–Crippen MR) is 50.2 cm³/mol. The van der Waals surface area contributed by atoms with Gasteiger partial charge in [0.15, 0.2) is 5.65 Å². The molecule has 2 heterocycles. The molecule has 2 aromatic rings. The number of nitrogens with zero attached hydrogens (tertiary/aromatic N) is 4. The number of nitrogens with two attached hydrogens (primary N) is 1. The summed E-state index contributed by atoms with van der Waals surface area (Å²) in [5.41, 5.74) is 8.16. The van der Waals surface area contributed by atoms with Crippen LogP contribution in [-0.4, -0.2) is 19.7 Å². The fourth-order valence-corrected chi connectivity index (χ4v) is 1.56. The summed E-state index contributed by atoms with van der Waals surface area (Å²) < 4.78 is 1.72. The van der Waals surface area contributed by atoms with Crippen LogP contribution in [0.15, 0.2) is 0 Å². The van der Waals surface area contributed by atoms with Crippen LogP contribution in [0, 0.1) is 13.8 Å². The number of fused-ring (bicyclic) bond motifs is 1. The van der Waals surface area contributed by atoms with E-state index in [-0.39, 0.29) is 0 Å². The molecule has 0 radical (unpaired) electrons. The van der Waals surface area contributed by atoms with Crippen LogP contribution in [-0.2, 0) is 7.05 Å². The molecule has 0 unspecified atom stereocenters. The molecule has 0 atom stereocenters. The van der Waals surface area contributed by atoms with Gasteiger partial charge in [0.05, 0.1) is 16.8 Å². The first-order valence-corrected chi connectivity index (χ1v) is 4.03. The van der Waals surface area contributed by atoms with Crippen LogP contribution in [0.1, 0.15) is 11.4 Å². The van der Waals surface area contributed by atoms with Crippen molar-refractivity contribution in [3.8, 4) is 0 Å². The van der Waals surface area contributed by atoms with Gasteiger partial charge in [-0.1, -0.05) is 0 Å². The zero-order valence-corrected chi connectivity index (χ0v) is 7.87. The molecule has 0 saturated heterocycles. The van der Waals surface area contributed by atoms with Gasteiger partial charge in [-0.25, -0.2) is 4.98 Å². The molecule has 5 nitrogen and oxygen atoms in total. The smallest absolute Gasteiger partial charge is 0.222 e. The Labute approximate surface area is 75.6 Å². The Hall–Kier alpha value is -1.65. The molecule has 0 aliphatic heterocycles. The quantitative estimate of drug-likeness (QED) is 0.638. The van der Waals surface area contributed by atoms with Gasteiger partial charge >= 0.3 is 0 Å². The molecule has 0 aliphatic rings. The summed E-state index contributed by atoms with van der Waals surface area (Å²) in [5, 5.41) is 5.25. The minimum Gasteiger partial charge on any atom is -0.368 e. The molecule has 0 spiro atoms. The third kappa shape index (κ3) is 1.04. The molecule has 13 heavy (non-hydrogen) atoms. The van der Waals surface area contributed by atoms with Crippen molar-refractivity contribution < 1.29 is 0 Å². The Morgan fingerprint density at radius 3 is 2.54 bits per heavy atom. The Bertz CT molecular complexity index is 471. The number of aromatic nitrogens is 4. The molecular formula is C8H11N5. The van der Waals surface area contributed by atoms with Crippen LogP contribution < -0.4 is 5.73 Å². The molecule has 0 aliphatic carbocycles. The Morgan fingerprint density at radius 2 is 1.85 bits per heavy atom. The lowest BCUT2D eigenvalue weighted by molar-refractivity contribution is 0.773. The van der Waals surface area contributed by atoms with E-state index < -0.39 is 0 Å². The maximum Gasteiger partial charge on any atom is 0.222 e. The molecule has 68 valence electrons. The van der Waals surface area contributed by atoms with Gasteiger partial charge in [0.2, 0.25) is 5.95 Å². The van der Waals surface area contributed by atoms with Gasteiger partial charge in [-0.3, -0.25) is 4.68 Å². The highest BCUT2D eigenvalue weighted by atomic mass is 15.3. The number of rotatable bonds is 0. The number of hydrogen-bond acceptors (Lipinski definition) is 4. The average molecular weight is 177 g/mol. The van der Waals surface area contributed by atoms with Crippen molar-refractivity contribution in [1.82, 2.24) is 19.7 Å². The van der Waals surface area contributed by atoms with Crippen LogP contribution in [0.2, 0.25) is 0 Å². The van der Waals surface area contributed by atoms with Gasteiger partial charge in [0.1, 0.15) is 0 Å². The maximum absolute atomic E-state index is 5.54. The highest BCUT2D eigenvalue weighted by Crippen LogP contribution is 2.18. The van der Waals surface area contributed by atoms with E-state index in [4.69, 9.17) is 5.73 Å². The molecule has 0 amide bonds. The van der Waals surface area contributed by atoms with Crippen molar-refractivity contribution in [2.24, 2.45) is 7.05 Å². The number of nitrogen functional groups attached to an aromatic ring is 1. The maximum atomic E-state index is 5.54. The summed E-state index contributed by atoms with van der Waals surface area (Å²) in [6.45, 7) is 3.85. The molecule has 0 saturated carbocycles. The number of hydrogen-bond donors (Lipinski definition) is 1. The van der Waals surface area contributed by atoms with Crippen molar-refractivity contribution in [2.45, 2.75) is 13.8 Å². The van der Waals surface area contributed by atoms with Crippen LogP contribution in [0.3, 0.4) is 0 Å². The minimum atomic E-state index is 0.299. The summed E-state index contributed by atoms with van der Waals surface area (Å²) in [6, 6.07) is 0. The second-order valence-corrected chi connectivity index (χ2v) is 3.07. The van der Waals surface area contributed by atoms with Gasteiger partial charge < -0.3 is 5.73 Å². The minimum absolute atomic E-state index is 0.299. The lowest BCUT2D eigenvalue weighted by Gasteiger charge is -1.98. The Kier molecular flexibility index (Phi) is 1.48. The van der Waals surface area contributed by atoms with Crippen molar-refractivity contribution in [2.75, 3.05) is 5.73 Å². The predicted octanol–water partition coefficient (Wildman–Crippen LogP) is 0.562. The lowest BCUT2D eigenvalue weighted by Crippen LogP contribution is -1.99. The topological polar surface area (TPSA) is 69.6 Å². The van der Waals surface area contributed by atoms with Gasteiger partial charge in [0.25, 0.3) is 0 Å². The summed E-state index contributed by atoms with van der Waals surface area (Å²) in [5.74, 6) is 0.299. The fourth-order valence-electron chi connectivity index (χ4n) is 1.56. The van der Waals surface area contributed by atoms with E-state index in [0.29, 0.717) is 5.95 Å². The molecule has 0 bridgehead atoms. The average Bonchev–Trinajstić information content (AvgIpc) is 2.27. The first-order valence-electron chi connectivity index (χ1n) is 4.03. The largest absolute Gasteiger partial charge is 0.368 e. The molecule has 2 N–H and O–H groups in total. The zero-order chi connectivity index (χ0) is 9.59. The molecule has 2 rings (SSSR count). The van der Waals surface area contributed by atoms with Crippen molar-refractivity contribution in [3.05, 3.63) is 11.4 Å². The van der Waals surface area contributed by atoms with Crippen LogP contribution in [0.5, 0.6) is 0 Å². The highest BCUT2D eigenvalue weighted by molar-refractivity contribution is 5.81. The van der Waals surface area contributed by atoms with Crippen LogP contribution in [0.25, 0.3) is 11.0 Å². The van der Waals surface area contributed by atoms with Crippen molar-refractivity contribution in [1.29, 1.82) is 0 Å². The zero-order valence-electron chi connectivity index (χ0n) is 7.87. The van der Waals surface area contributed by atoms with E-state index in [1.54, 1.807) is 4.68 Å². The second-order valence-electron chi connectivity index (χ2n) is 3.07. The van der Waals surface area contributed by atoms with E-state index >= 15 is 0 Å². The first kappa shape index (κ1) is 7.97. The molecule has 5 heteroatoms. The molecule has 2 aromatic heterocycles. The monoisotopic (exact) mass is 177 g/mol. The summed E-state index contributed by atoms with van der Waals surface area (Å²) >= 11 is 0. The van der Waals surface area contributed by atoms with E-state index in [2.05, 4.69) is 15.1 Å². The third-order valence-corrected chi connectivity index (χ3v) is 2.06. The van der Waals surface area contributed by atoms with Gasteiger partial charge in [-0.15, -0.1) is 0 Å². The molecule has 0 aromatic carbocycles. The normalized spacial score (nSPS) is 11.0. The van der Waals surface area contributed by atoms with Crippen LogP contribution >= 0.6 is 0 Å². The van der Waals surface area contributed by atoms with E-state index in [9.17, 15) is 0 Å². The van der Waals surface area contributed by atoms with Crippen LogP contribution in [0.4, 0.5) is 5.95 Å².